The first-order valence-corrected chi connectivity index (χ1v) is 6.30. The minimum absolute atomic E-state index is 0.134. The highest BCUT2D eigenvalue weighted by atomic mass is 35.5. The highest BCUT2D eigenvalue weighted by molar-refractivity contribution is 6.31. The van der Waals surface area contributed by atoms with E-state index in [0.29, 0.717) is 5.88 Å². The fourth-order valence-electron chi connectivity index (χ4n) is 1.59. The van der Waals surface area contributed by atoms with Gasteiger partial charge >= 0.3 is 0 Å². The predicted molar refractivity (Wildman–Crippen MR) is 70.4 cm³/mol. The van der Waals surface area contributed by atoms with E-state index in [4.69, 9.17) is 23.2 Å². The SMILES string of the molecule is C=CC(C)(CCl)Cc1c(Cl)c(C)nn1CC. The normalized spacial score (nSPS) is 14.8. The van der Waals surface area contributed by atoms with Crippen molar-refractivity contribution in [1.29, 1.82) is 0 Å². The highest BCUT2D eigenvalue weighted by Gasteiger charge is 2.24. The molecule has 0 aliphatic heterocycles. The summed E-state index contributed by atoms with van der Waals surface area (Å²) in [7, 11) is 0. The van der Waals surface area contributed by atoms with Crippen LogP contribution < -0.4 is 0 Å². The number of nitrogens with zero attached hydrogens (tertiary/aromatic N) is 2. The topological polar surface area (TPSA) is 17.8 Å². The molecular formula is C12H18Cl2N2. The summed E-state index contributed by atoms with van der Waals surface area (Å²) in [5.41, 5.74) is 1.79. The lowest BCUT2D eigenvalue weighted by Gasteiger charge is -2.23. The van der Waals surface area contributed by atoms with Crippen LogP contribution in [0.4, 0.5) is 0 Å². The molecule has 1 rings (SSSR count). The Balaban J connectivity index is 3.08. The number of rotatable bonds is 5. The van der Waals surface area contributed by atoms with Crippen LogP contribution in [0.15, 0.2) is 12.7 Å². The van der Waals surface area contributed by atoms with E-state index in [2.05, 4.69) is 25.5 Å². The fraction of sp³-hybridized carbons (Fsp3) is 0.583. The Morgan fingerprint density at radius 2 is 2.19 bits per heavy atom. The molecule has 4 heteroatoms. The number of halogens is 2. The van der Waals surface area contributed by atoms with Crippen LogP contribution in [0.2, 0.25) is 5.02 Å². The van der Waals surface area contributed by atoms with Gasteiger partial charge in [0.1, 0.15) is 0 Å². The largest absolute Gasteiger partial charge is 0.268 e. The lowest BCUT2D eigenvalue weighted by molar-refractivity contribution is 0.458. The molecule has 0 saturated heterocycles. The summed E-state index contributed by atoms with van der Waals surface area (Å²) < 4.78 is 1.94. The van der Waals surface area contributed by atoms with Gasteiger partial charge in [-0.1, -0.05) is 24.6 Å². The van der Waals surface area contributed by atoms with Crippen molar-refractivity contribution in [3.8, 4) is 0 Å². The number of aromatic nitrogens is 2. The van der Waals surface area contributed by atoms with Gasteiger partial charge in [-0.25, -0.2) is 0 Å². The van der Waals surface area contributed by atoms with E-state index < -0.39 is 0 Å². The molecule has 2 nitrogen and oxygen atoms in total. The first-order valence-electron chi connectivity index (χ1n) is 5.38. The lowest BCUT2D eigenvalue weighted by Crippen LogP contribution is -2.21. The maximum atomic E-state index is 6.25. The van der Waals surface area contributed by atoms with Gasteiger partial charge in [-0.05, 0) is 13.8 Å². The summed E-state index contributed by atoms with van der Waals surface area (Å²) in [5.74, 6) is 0.529. The maximum Gasteiger partial charge on any atom is 0.0847 e. The first-order chi connectivity index (χ1) is 7.47. The quantitative estimate of drug-likeness (QED) is 0.581. The van der Waals surface area contributed by atoms with Crippen LogP contribution in [0.3, 0.4) is 0 Å². The van der Waals surface area contributed by atoms with Crippen LogP contribution in [-0.4, -0.2) is 15.7 Å². The summed E-state index contributed by atoms with van der Waals surface area (Å²) in [4.78, 5) is 0. The molecule has 0 fully saturated rings. The summed E-state index contributed by atoms with van der Waals surface area (Å²) in [6.45, 7) is 10.7. The molecule has 0 N–H and O–H groups in total. The third-order valence-electron chi connectivity index (χ3n) is 2.82. The summed E-state index contributed by atoms with van der Waals surface area (Å²) in [6.07, 6.45) is 2.66. The molecule has 1 heterocycles. The smallest absolute Gasteiger partial charge is 0.0847 e. The molecular weight excluding hydrogens is 243 g/mol. The molecule has 0 radical (unpaired) electrons. The van der Waals surface area contributed by atoms with Gasteiger partial charge in [0.2, 0.25) is 0 Å². The van der Waals surface area contributed by atoms with E-state index >= 15 is 0 Å². The standard InChI is InChI=1S/C12H18Cl2N2/c1-5-12(4,8-13)7-10-11(14)9(3)15-16(10)6-2/h5H,1,6-8H2,2-4H3. The van der Waals surface area contributed by atoms with Crippen molar-refractivity contribution in [2.45, 2.75) is 33.7 Å². The fourth-order valence-corrected chi connectivity index (χ4v) is 2.00. The van der Waals surface area contributed by atoms with Crippen molar-refractivity contribution in [1.82, 2.24) is 9.78 Å². The summed E-state index contributed by atoms with van der Waals surface area (Å²) >= 11 is 12.2. The Morgan fingerprint density at radius 3 is 2.62 bits per heavy atom. The van der Waals surface area contributed by atoms with Crippen molar-refractivity contribution < 1.29 is 0 Å². The Hall–Kier alpha value is -0.470. The zero-order valence-corrected chi connectivity index (χ0v) is 11.6. The Morgan fingerprint density at radius 1 is 1.56 bits per heavy atom. The van der Waals surface area contributed by atoms with Gasteiger partial charge in [0, 0.05) is 24.3 Å². The zero-order valence-electron chi connectivity index (χ0n) is 10.1. The molecule has 0 spiro atoms. The molecule has 0 saturated carbocycles. The van der Waals surface area contributed by atoms with Crippen molar-refractivity contribution in [3.63, 3.8) is 0 Å². The van der Waals surface area contributed by atoms with Crippen molar-refractivity contribution in [2.75, 3.05) is 5.88 Å². The van der Waals surface area contributed by atoms with E-state index in [0.717, 1.165) is 29.4 Å². The van der Waals surface area contributed by atoms with Gasteiger partial charge < -0.3 is 0 Å². The van der Waals surface area contributed by atoms with Crippen LogP contribution in [-0.2, 0) is 13.0 Å². The molecule has 16 heavy (non-hydrogen) atoms. The van der Waals surface area contributed by atoms with E-state index in [1.807, 2.05) is 17.7 Å². The monoisotopic (exact) mass is 260 g/mol. The van der Waals surface area contributed by atoms with Crippen LogP contribution in [0.25, 0.3) is 0 Å². The second kappa shape index (κ2) is 5.24. The van der Waals surface area contributed by atoms with Crippen LogP contribution in [0.1, 0.15) is 25.2 Å². The van der Waals surface area contributed by atoms with Crippen LogP contribution in [0.5, 0.6) is 0 Å². The molecule has 1 aromatic heterocycles. The van der Waals surface area contributed by atoms with Crippen molar-refractivity contribution >= 4 is 23.2 Å². The van der Waals surface area contributed by atoms with Gasteiger partial charge in [-0.15, -0.1) is 18.2 Å². The number of alkyl halides is 1. The second-order valence-electron chi connectivity index (χ2n) is 4.33. The minimum Gasteiger partial charge on any atom is -0.268 e. The highest BCUT2D eigenvalue weighted by Crippen LogP contribution is 2.30. The number of hydrogen-bond acceptors (Lipinski definition) is 1. The maximum absolute atomic E-state index is 6.25. The Bertz CT molecular complexity index is 385. The molecule has 0 aliphatic rings. The van der Waals surface area contributed by atoms with Gasteiger partial charge in [-0.3, -0.25) is 4.68 Å². The molecule has 1 atom stereocenters. The van der Waals surface area contributed by atoms with E-state index in [1.165, 1.54) is 0 Å². The van der Waals surface area contributed by atoms with Crippen molar-refractivity contribution in [2.24, 2.45) is 5.41 Å². The lowest BCUT2D eigenvalue weighted by atomic mass is 9.87. The molecule has 1 unspecified atom stereocenters. The Kier molecular flexibility index (Phi) is 4.45. The average Bonchev–Trinajstić information content (AvgIpc) is 2.56. The zero-order chi connectivity index (χ0) is 12.3. The van der Waals surface area contributed by atoms with E-state index in [1.54, 1.807) is 0 Å². The predicted octanol–water partition coefficient (Wildman–Crippen LogP) is 3.84. The minimum atomic E-state index is -0.134. The first kappa shape index (κ1) is 13.6. The van der Waals surface area contributed by atoms with Crippen LogP contribution in [0, 0.1) is 12.3 Å². The molecule has 0 aromatic carbocycles. The van der Waals surface area contributed by atoms with Gasteiger partial charge in [0.05, 0.1) is 16.4 Å². The average molecular weight is 261 g/mol. The van der Waals surface area contributed by atoms with Gasteiger partial charge in [0.25, 0.3) is 0 Å². The third kappa shape index (κ3) is 2.61. The summed E-state index contributed by atoms with van der Waals surface area (Å²) in [6, 6.07) is 0. The van der Waals surface area contributed by atoms with Gasteiger partial charge in [-0.2, -0.15) is 5.10 Å². The van der Waals surface area contributed by atoms with Crippen molar-refractivity contribution in [3.05, 3.63) is 29.1 Å². The number of aryl methyl sites for hydroxylation is 2. The molecule has 1 aromatic rings. The van der Waals surface area contributed by atoms with E-state index in [-0.39, 0.29) is 5.41 Å². The Labute approximate surface area is 107 Å². The second-order valence-corrected chi connectivity index (χ2v) is 4.98. The van der Waals surface area contributed by atoms with E-state index in [9.17, 15) is 0 Å². The van der Waals surface area contributed by atoms with Crippen LogP contribution >= 0.6 is 23.2 Å². The molecule has 0 aliphatic carbocycles. The molecule has 90 valence electrons. The molecule has 0 amide bonds. The number of hydrogen-bond donors (Lipinski definition) is 0. The summed E-state index contributed by atoms with van der Waals surface area (Å²) in [5, 5.41) is 5.14. The number of allylic oxidation sites excluding steroid dienone is 1. The molecule has 0 bridgehead atoms. The van der Waals surface area contributed by atoms with Gasteiger partial charge in [0.15, 0.2) is 0 Å². The third-order valence-corrected chi connectivity index (χ3v) is 3.92.